The molecule has 0 spiro atoms. The van der Waals surface area contributed by atoms with Crippen molar-refractivity contribution < 1.29 is 23.1 Å². The molecule has 1 atom stereocenters. The topological polar surface area (TPSA) is 92.1 Å². The average Bonchev–Trinajstić information content (AvgIpc) is 2.62. The SMILES string of the molecule is C[C@H](OC(=O)c1cccnc1SC(F)F)C(=O)Nc1ccc(C#N)cc1. The molecule has 1 heterocycles. The summed E-state index contributed by atoms with van der Waals surface area (Å²) in [5, 5.41) is 11.1. The van der Waals surface area contributed by atoms with Gasteiger partial charge in [-0.25, -0.2) is 9.78 Å². The maximum atomic E-state index is 12.5. The van der Waals surface area contributed by atoms with Gasteiger partial charge in [-0.2, -0.15) is 14.0 Å². The molecule has 1 N–H and O–H groups in total. The van der Waals surface area contributed by atoms with Crippen molar-refractivity contribution in [1.82, 2.24) is 4.98 Å². The predicted molar refractivity (Wildman–Crippen MR) is 90.8 cm³/mol. The highest BCUT2D eigenvalue weighted by Gasteiger charge is 2.23. The molecule has 1 amide bonds. The molecule has 9 heteroatoms. The number of nitriles is 1. The Bertz CT molecular complexity index is 838. The normalized spacial score (nSPS) is 11.5. The number of amides is 1. The number of rotatable bonds is 6. The Morgan fingerprint density at radius 1 is 1.27 bits per heavy atom. The minimum absolute atomic E-state index is 0.123. The van der Waals surface area contributed by atoms with E-state index in [1.165, 1.54) is 49.5 Å². The molecule has 0 aliphatic carbocycles. The van der Waals surface area contributed by atoms with E-state index in [0.717, 1.165) is 0 Å². The molecule has 0 bridgehead atoms. The third-order valence-electron chi connectivity index (χ3n) is 3.13. The summed E-state index contributed by atoms with van der Waals surface area (Å²) in [7, 11) is 0. The zero-order chi connectivity index (χ0) is 19.1. The Morgan fingerprint density at radius 2 is 1.96 bits per heavy atom. The Balaban J connectivity index is 2.02. The van der Waals surface area contributed by atoms with Crippen molar-refractivity contribution in [1.29, 1.82) is 5.26 Å². The van der Waals surface area contributed by atoms with Gasteiger partial charge in [0.15, 0.2) is 6.10 Å². The van der Waals surface area contributed by atoms with Crippen LogP contribution in [0.15, 0.2) is 47.6 Å². The first-order chi connectivity index (χ1) is 12.4. The Morgan fingerprint density at radius 3 is 2.58 bits per heavy atom. The van der Waals surface area contributed by atoms with Crippen molar-refractivity contribution in [2.75, 3.05) is 5.32 Å². The number of benzene rings is 1. The second-order valence-corrected chi connectivity index (χ2v) is 5.94. The molecule has 0 fully saturated rings. The average molecular weight is 377 g/mol. The fraction of sp³-hybridized carbons (Fsp3) is 0.176. The number of hydrogen-bond donors (Lipinski definition) is 1. The zero-order valence-corrected chi connectivity index (χ0v) is 14.3. The largest absolute Gasteiger partial charge is 0.449 e. The number of halogens is 2. The van der Waals surface area contributed by atoms with Crippen molar-refractivity contribution in [3.8, 4) is 6.07 Å². The van der Waals surface area contributed by atoms with Gasteiger partial charge in [0.25, 0.3) is 11.7 Å². The van der Waals surface area contributed by atoms with Crippen LogP contribution in [0, 0.1) is 11.3 Å². The molecular weight excluding hydrogens is 364 g/mol. The zero-order valence-electron chi connectivity index (χ0n) is 13.5. The summed E-state index contributed by atoms with van der Waals surface area (Å²) in [4.78, 5) is 28.0. The van der Waals surface area contributed by atoms with Gasteiger partial charge in [-0.15, -0.1) is 0 Å². The molecule has 1 aromatic heterocycles. The minimum atomic E-state index is -2.74. The second-order valence-electron chi connectivity index (χ2n) is 4.96. The quantitative estimate of drug-likeness (QED) is 0.612. The van der Waals surface area contributed by atoms with E-state index in [2.05, 4.69) is 10.3 Å². The first-order valence-corrected chi connectivity index (χ1v) is 8.20. The van der Waals surface area contributed by atoms with Crippen LogP contribution in [0.5, 0.6) is 0 Å². The maximum absolute atomic E-state index is 12.5. The molecule has 0 aliphatic heterocycles. The van der Waals surface area contributed by atoms with Crippen LogP contribution in [0.2, 0.25) is 0 Å². The van der Waals surface area contributed by atoms with Gasteiger partial charge in [0, 0.05) is 11.9 Å². The first-order valence-electron chi connectivity index (χ1n) is 7.32. The lowest BCUT2D eigenvalue weighted by Crippen LogP contribution is -2.30. The van der Waals surface area contributed by atoms with Gasteiger partial charge >= 0.3 is 5.97 Å². The third-order valence-corrected chi connectivity index (χ3v) is 3.85. The van der Waals surface area contributed by atoms with E-state index < -0.39 is 23.7 Å². The second kappa shape index (κ2) is 8.92. The fourth-order valence-electron chi connectivity index (χ4n) is 1.87. The predicted octanol–water partition coefficient (Wildman–Crippen LogP) is 3.45. The first kappa shape index (κ1) is 19.3. The number of alkyl halides is 2. The van der Waals surface area contributed by atoms with Crippen LogP contribution in [0.1, 0.15) is 22.8 Å². The number of carbonyl (C=O) groups excluding carboxylic acids is 2. The number of hydrogen-bond acceptors (Lipinski definition) is 6. The van der Waals surface area contributed by atoms with Crippen LogP contribution < -0.4 is 5.32 Å². The Hall–Kier alpha value is -2.99. The number of carbonyl (C=O) groups is 2. The molecule has 0 aliphatic rings. The van der Waals surface area contributed by atoms with Crippen LogP contribution in [-0.2, 0) is 9.53 Å². The lowest BCUT2D eigenvalue weighted by Gasteiger charge is -2.14. The monoisotopic (exact) mass is 377 g/mol. The van der Waals surface area contributed by atoms with E-state index in [1.807, 2.05) is 6.07 Å². The van der Waals surface area contributed by atoms with E-state index in [0.29, 0.717) is 11.3 Å². The molecule has 0 unspecified atom stereocenters. The molecule has 6 nitrogen and oxygen atoms in total. The van der Waals surface area contributed by atoms with Gasteiger partial charge < -0.3 is 10.1 Å². The van der Waals surface area contributed by atoms with E-state index in [1.54, 1.807) is 0 Å². The molecule has 134 valence electrons. The Kier molecular flexibility index (Phi) is 6.63. The number of pyridine rings is 1. The summed E-state index contributed by atoms with van der Waals surface area (Å²) in [5.74, 6) is -4.27. The fourth-order valence-corrected chi connectivity index (χ4v) is 2.44. The van der Waals surface area contributed by atoms with Crippen LogP contribution >= 0.6 is 11.8 Å². The number of aromatic nitrogens is 1. The van der Waals surface area contributed by atoms with Crippen molar-refractivity contribution in [3.05, 3.63) is 53.7 Å². The maximum Gasteiger partial charge on any atom is 0.341 e. The van der Waals surface area contributed by atoms with Crippen molar-refractivity contribution >= 4 is 29.3 Å². The molecule has 2 rings (SSSR count). The van der Waals surface area contributed by atoms with Crippen LogP contribution in [0.25, 0.3) is 0 Å². The van der Waals surface area contributed by atoms with Gasteiger partial charge in [-0.05, 0) is 55.1 Å². The summed E-state index contributed by atoms with van der Waals surface area (Å²) in [6.45, 7) is 1.35. The van der Waals surface area contributed by atoms with Crippen molar-refractivity contribution in [3.63, 3.8) is 0 Å². The van der Waals surface area contributed by atoms with Crippen LogP contribution in [0.3, 0.4) is 0 Å². The lowest BCUT2D eigenvalue weighted by atomic mass is 10.2. The minimum Gasteiger partial charge on any atom is -0.449 e. The highest BCUT2D eigenvalue weighted by molar-refractivity contribution is 7.99. The van der Waals surface area contributed by atoms with E-state index >= 15 is 0 Å². The van der Waals surface area contributed by atoms with Gasteiger partial charge in [0.2, 0.25) is 0 Å². The number of nitrogens with one attached hydrogen (secondary N) is 1. The summed E-state index contributed by atoms with van der Waals surface area (Å²) >= 11 is 0.123. The van der Waals surface area contributed by atoms with Gasteiger partial charge in [0.05, 0.1) is 17.2 Å². The van der Waals surface area contributed by atoms with Crippen molar-refractivity contribution in [2.24, 2.45) is 0 Å². The lowest BCUT2D eigenvalue weighted by molar-refractivity contribution is -0.123. The number of ether oxygens (including phenoxy) is 1. The smallest absolute Gasteiger partial charge is 0.341 e. The highest BCUT2D eigenvalue weighted by Crippen LogP contribution is 2.27. The number of anilines is 1. The van der Waals surface area contributed by atoms with Crippen molar-refractivity contribution in [2.45, 2.75) is 23.8 Å². The molecule has 0 saturated carbocycles. The molecule has 1 aromatic carbocycles. The molecule has 26 heavy (non-hydrogen) atoms. The van der Waals surface area contributed by atoms with E-state index in [9.17, 15) is 18.4 Å². The highest BCUT2D eigenvalue weighted by atomic mass is 32.2. The Labute approximate surface area is 152 Å². The summed E-state index contributed by atoms with van der Waals surface area (Å²) in [6, 6.07) is 10.8. The molecule has 0 radical (unpaired) electrons. The summed E-state index contributed by atoms with van der Waals surface area (Å²) in [6.07, 6.45) is 0.116. The van der Waals surface area contributed by atoms with Gasteiger partial charge in [-0.1, -0.05) is 0 Å². The van der Waals surface area contributed by atoms with E-state index in [4.69, 9.17) is 10.00 Å². The number of esters is 1. The standard InChI is InChI=1S/C17H13F2N3O3S/c1-10(14(23)22-12-6-4-11(9-20)5-7-12)25-16(24)13-3-2-8-21-15(13)26-17(18)19/h2-8,10,17H,1H3,(H,22,23)/t10-/m0/s1. The summed E-state index contributed by atoms with van der Waals surface area (Å²) in [5.41, 5.74) is 0.714. The van der Waals surface area contributed by atoms with Gasteiger partial charge in [-0.3, -0.25) is 4.79 Å². The van der Waals surface area contributed by atoms with Gasteiger partial charge in [0.1, 0.15) is 5.03 Å². The third kappa shape index (κ3) is 5.26. The van der Waals surface area contributed by atoms with Crippen LogP contribution in [0.4, 0.5) is 14.5 Å². The molecule has 0 saturated heterocycles. The van der Waals surface area contributed by atoms with E-state index in [-0.39, 0.29) is 22.4 Å². The number of thioether (sulfide) groups is 1. The number of nitrogens with zero attached hydrogens (tertiary/aromatic N) is 2. The molecular formula is C17H13F2N3O3S. The van der Waals surface area contributed by atoms with Crippen LogP contribution in [-0.4, -0.2) is 28.7 Å². The molecule has 2 aromatic rings. The summed E-state index contributed by atoms with van der Waals surface area (Å²) < 4.78 is 30.1.